The summed E-state index contributed by atoms with van der Waals surface area (Å²) in [6.45, 7) is 4.36. The van der Waals surface area contributed by atoms with Gasteiger partial charge >= 0.3 is 6.03 Å². The van der Waals surface area contributed by atoms with Crippen LogP contribution in [0.2, 0.25) is 0 Å². The van der Waals surface area contributed by atoms with Gasteiger partial charge in [-0.25, -0.2) is 4.79 Å². The Morgan fingerprint density at radius 2 is 2.11 bits per heavy atom. The fourth-order valence-electron chi connectivity index (χ4n) is 4.48. The quantitative estimate of drug-likeness (QED) is 0.854. The lowest BCUT2D eigenvalue weighted by molar-refractivity contribution is -0.119. The van der Waals surface area contributed by atoms with Crippen LogP contribution in [0, 0.1) is 11.8 Å². The van der Waals surface area contributed by atoms with E-state index in [-0.39, 0.29) is 11.9 Å². The molecule has 27 heavy (non-hydrogen) atoms. The number of hydrogen-bond donors (Lipinski definition) is 2. The van der Waals surface area contributed by atoms with Gasteiger partial charge in [0.2, 0.25) is 5.91 Å². The van der Waals surface area contributed by atoms with Crippen LogP contribution in [-0.4, -0.2) is 56.7 Å². The van der Waals surface area contributed by atoms with Crippen molar-refractivity contribution in [2.75, 3.05) is 50.1 Å². The Labute approximate surface area is 160 Å². The number of fused-ring (bicyclic) bond motifs is 1. The van der Waals surface area contributed by atoms with E-state index in [0.717, 1.165) is 51.1 Å². The number of nitrogens with zero attached hydrogens (tertiary/aromatic N) is 2. The molecule has 2 N–H and O–H groups in total. The molecule has 3 amide bonds. The Morgan fingerprint density at radius 1 is 1.26 bits per heavy atom. The van der Waals surface area contributed by atoms with E-state index in [1.807, 2.05) is 23.1 Å². The molecule has 7 heteroatoms. The second-order valence-corrected chi connectivity index (χ2v) is 7.74. The third-order valence-electron chi connectivity index (χ3n) is 6.01. The lowest BCUT2D eigenvalue weighted by Gasteiger charge is -2.28. The van der Waals surface area contributed by atoms with Gasteiger partial charge in [0, 0.05) is 31.7 Å². The van der Waals surface area contributed by atoms with Crippen molar-refractivity contribution in [1.29, 1.82) is 0 Å². The van der Waals surface area contributed by atoms with Crippen LogP contribution < -0.4 is 20.3 Å². The maximum Gasteiger partial charge on any atom is 0.321 e. The Morgan fingerprint density at radius 3 is 2.89 bits per heavy atom. The molecule has 3 aliphatic heterocycles. The van der Waals surface area contributed by atoms with Crippen LogP contribution in [0.1, 0.15) is 25.7 Å². The predicted molar refractivity (Wildman–Crippen MR) is 104 cm³/mol. The number of carbonyl (C=O) groups is 2. The zero-order valence-electron chi connectivity index (χ0n) is 15.9. The minimum Gasteiger partial charge on any atom is -0.495 e. The largest absolute Gasteiger partial charge is 0.495 e. The third kappa shape index (κ3) is 3.74. The summed E-state index contributed by atoms with van der Waals surface area (Å²) in [5.41, 5.74) is 1.43. The summed E-state index contributed by atoms with van der Waals surface area (Å²) >= 11 is 0. The Balaban J connectivity index is 1.48. The van der Waals surface area contributed by atoms with Crippen molar-refractivity contribution in [1.82, 2.24) is 10.2 Å². The summed E-state index contributed by atoms with van der Waals surface area (Å²) in [7, 11) is 1.60. The lowest BCUT2D eigenvalue weighted by atomic mass is 9.90. The molecule has 2 atom stereocenters. The van der Waals surface area contributed by atoms with E-state index in [0.29, 0.717) is 36.2 Å². The summed E-state index contributed by atoms with van der Waals surface area (Å²) in [4.78, 5) is 28.8. The molecule has 0 aliphatic carbocycles. The molecule has 3 fully saturated rings. The first-order chi connectivity index (χ1) is 13.2. The van der Waals surface area contributed by atoms with Gasteiger partial charge in [-0.3, -0.25) is 4.79 Å². The number of methoxy groups -OCH3 is 1. The number of urea groups is 1. The fraction of sp³-hybridized carbons (Fsp3) is 0.600. The number of carbonyl (C=O) groups excluding carboxylic acids is 2. The van der Waals surface area contributed by atoms with Crippen molar-refractivity contribution in [3.05, 3.63) is 18.2 Å². The van der Waals surface area contributed by atoms with Crippen LogP contribution in [0.4, 0.5) is 16.2 Å². The number of likely N-dealkylation sites (tertiary alicyclic amines) is 1. The molecule has 7 nitrogen and oxygen atoms in total. The molecule has 0 saturated carbocycles. The topological polar surface area (TPSA) is 73.9 Å². The zero-order valence-corrected chi connectivity index (χ0v) is 15.9. The first kappa shape index (κ1) is 18.1. The van der Waals surface area contributed by atoms with Crippen LogP contribution in [0.25, 0.3) is 0 Å². The molecular formula is C20H28N4O3. The normalized spacial score (nSPS) is 25.3. The number of anilines is 2. The molecule has 3 saturated heterocycles. The second kappa shape index (κ2) is 7.76. The van der Waals surface area contributed by atoms with E-state index in [2.05, 4.69) is 10.6 Å². The Kier molecular flexibility index (Phi) is 5.20. The van der Waals surface area contributed by atoms with E-state index in [1.54, 1.807) is 12.0 Å². The maximum atomic E-state index is 12.7. The number of piperidine rings is 2. The standard InChI is InChI=1S/C20H28N4O3/c1-27-18-6-5-16(10-17(18)24-9-3-2-4-19(24)25)22-20(26)23-12-14-7-8-21-11-15(14)13-23/h5-6,10,14-15,21H,2-4,7-9,11-13H2,1H3,(H,22,26)/t14-,15+/m0/s1. The molecular weight excluding hydrogens is 344 g/mol. The van der Waals surface area contributed by atoms with Crippen molar-refractivity contribution in [3.8, 4) is 5.75 Å². The molecule has 1 aromatic rings. The zero-order chi connectivity index (χ0) is 18.8. The molecule has 0 spiro atoms. The van der Waals surface area contributed by atoms with Gasteiger partial charge in [-0.1, -0.05) is 0 Å². The average molecular weight is 372 g/mol. The van der Waals surface area contributed by atoms with Crippen molar-refractivity contribution in [3.63, 3.8) is 0 Å². The molecule has 146 valence electrons. The molecule has 3 aliphatic rings. The van der Waals surface area contributed by atoms with Crippen LogP contribution in [0.15, 0.2) is 18.2 Å². The third-order valence-corrected chi connectivity index (χ3v) is 6.01. The molecule has 0 bridgehead atoms. The van der Waals surface area contributed by atoms with Crippen LogP contribution in [0.5, 0.6) is 5.75 Å². The first-order valence-electron chi connectivity index (χ1n) is 9.91. The van der Waals surface area contributed by atoms with Gasteiger partial charge in [0.25, 0.3) is 0 Å². The summed E-state index contributed by atoms with van der Waals surface area (Å²) < 4.78 is 5.45. The fourth-order valence-corrected chi connectivity index (χ4v) is 4.48. The van der Waals surface area contributed by atoms with Crippen LogP contribution in [-0.2, 0) is 4.79 Å². The molecule has 3 heterocycles. The minimum absolute atomic E-state index is 0.0644. The lowest BCUT2D eigenvalue weighted by Crippen LogP contribution is -2.36. The predicted octanol–water partition coefficient (Wildman–Crippen LogP) is 2.29. The summed E-state index contributed by atoms with van der Waals surface area (Å²) in [5.74, 6) is 1.93. The number of rotatable bonds is 3. The van der Waals surface area contributed by atoms with Crippen molar-refractivity contribution >= 4 is 23.3 Å². The highest BCUT2D eigenvalue weighted by Crippen LogP contribution is 2.34. The van der Waals surface area contributed by atoms with Gasteiger partial charge in [0.15, 0.2) is 0 Å². The smallest absolute Gasteiger partial charge is 0.321 e. The van der Waals surface area contributed by atoms with Crippen molar-refractivity contribution in [2.45, 2.75) is 25.7 Å². The summed E-state index contributed by atoms with van der Waals surface area (Å²) in [5, 5.41) is 6.43. The first-order valence-corrected chi connectivity index (χ1v) is 9.91. The van der Waals surface area contributed by atoms with Gasteiger partial charge in [-0.2, -0.15) is 0 Å². The Hall–Kier alpha value is -2.28. The molecule has 0 aromatic heterocycles. The van der Waals surface area contributed by atoms with E-state index in [1.165, 1.54) is 0 Å². The van der Waals surface area contributed by atoms with E-state index >= 15 is 0 Å². The summed E-state index contributed by atoms with van der Waals surface area (Å²) in [6.07, 6.45) is 3.61. The summed E-state index contributed by atoms with van der Waals surface area (Å²) in [6, 6.07) is 5.44. The SMILES string of the molecule is COc1ccc(NC(=O)N2C[C@H]3CNCC[C@H]3C2)cc1N1CCCCC1=O. The van der Waals surface area contributed by atoms with Crippen molar-refractivity contribution in [2.24, 2.45) is 11.8 Å². The average Bonchev–Trinajstić information content (AvgIpc) is 3.13. The second-order valence-electron chi connectivity index (χ2n) is 7.74. The molecule has 1 aromatic carbocycles. The van der Waals surface area contributed by atoms with Gasteiger partial charge in [-0.15, -0.1) is 0 Å². The van der Waals surface area contributed by atoms with Crippen LogP contribution in [0.3, 0.4) is 0 Å². The van der Waals surface area contributed by atoms with Gasteiger partial charge in [0.1, 0.15) is 5.75 Å². The number of ether oxygens (including phenoxy) is 1. The number of nitrogens with one attached hydrogen (secondary N) is 2. The van der Waals surface area contributed by atoms with Crippen LogP contribution >= 0.6 is 0 Å². The maximum absolute atomic E-state index is 12.7. The number of hydrogen-bond acceptors (Lipinski definition) is 4. The van der Waals surface area contributed by atoms with Gasteiger partial charge in [-0.05, 0) is 62.4 Å². The number of amides is 3. The van der Waals surface area contributed by atoms with E-state index in [4.69, 9.17) is 4.74 Å². The van der Waals surface area contributed by atoms with Gasteiger partial charge < -0.3 is 25.2 Å². The monoisotopic (exact) mass is 372 g/mol. The van der Waals surface area contributed by atoms with Crippen molar-refractivity contribution < 1.29 is 14.3 Å². The molecule has 0 radical (unpaired) electrons. The molecule has 0 unspecified atom stereocenters. The molecule has 4 rings (SSSR count). The van der Waals surface area contributed by atoms with E-state index in [9.17, 15) is 9.59 Å². The Bertz CT molecular complexity index is 709. The van der Waals surface area contributed by atoms with Gasteiger partial charge in [0.05, 0.1) is 12.8 Å². The number of benzene rings is 1. The van der Waals surface area contributed by atoms with E-state index < -0.39 is 0 Å². The highest BCUT2D eigenvalue weighted by molar-refractivity contribution is 5.97. The minimum atomic E-state index is -0.0644. The highest BCUT2D eigenvalue weighted by Gasteiger charge is 2.36. The highest BCUT2D eigenvalue weighted by atomic mass is 16.5.